The number of rotatable bonds is 13. The van der Waals surface area contributed by atoms with Gasteiger partial charge in [-0.05, 0) is 80.7 Å². The zero-order chi connectivity index (χ0) is 20.4. The van der Waals surface area contributed by atoms with Crippen molar-refractivity contribution in [2.24, 2.45) is 5.92 Å². The van der Waals surface area contributed by atoms with Gasteiger partial charge in [-0.1, -0.05) is 57.7 Å². The van der Waals surface area contributed by atoms with Crippen LogP contribution in [0.1, 0.15) is 88.8 Å². The van der Waals surface area contributed by atoms with Crippen molar-refractivity contribution >= 4 is 6.41 Å². The van der Waals surface area contributed by atoms with Crippen molar-refractivity contribution in [1.82, 2.24) is 10.6 Å². The summed E-state index contributed by atoms with van der Waals surface area (Å²) >= 11 is 0. The molecule has 0 aliphatic heterocycles. The normalized spacial score (nSPS) is 17.1. The molecule has 2 rings (SSSR count). The highest BCUT2D eigenvalue weighted by molar-refractivity contribution is 5.49. The third-order valence-corrected chi connectivity index (χ3v) is 6.46. The number of carbonyl (C=O) groups is 1. The third-order valence-electron chi connectivity index (χ3n) is 6.46. The fourth-order valence-electron chi connectivity index (χ4n) is 4.17. The number of hydrogen-bond donors (Lipinski definition) is 2. The maximum absolute atomic E-state index is 10.9. The molecule has 1 aromatic carbocycles. The highest BCUT2D eigenvalue weighted by Crippen LogP contribution is 2.35. The fourth-order valence-corrected chi connectivity index (χ4v) is 4.17. The van der Waals surface area contributed by atoms with E-state index < -0.39 is 0 Å². The number of aryl methyl sites for hydroxylation is 2. The molecule has 28 heavy (non-hydrogen) atoms. The van der Waals surface area contributed by atoms with Gasteiger partial charge in [0.15, 0.2) is 0 Å². The van der Waals surface area contributed by atoms with Crippen LogP contribution in [0.2, 0.25) is 0 Å². The van der Waals surface area contributed by atoms with Crippen LogP contribution in [0.4, 0.5) is 0 Å². The summed E-state index contributed by atoms with van der Waals surface area (Å²) in [5.74, 6) is 0.952. The molecular formula is C25H40N2O. The van der Waals surface area contributed by atoms with Crippen LogP contribution in [-0.2, 0) is 16.8 Å². The lowest BCUT2D eigenvalue weighted by atomic mass is 9.79. The zero-order valence-corrected chi connectivity index (χ0v) is 18.4. The molecule has 0 saturated heterocycles. The summed E-state index contributed by atoms with van der Waals surface area (Å²) in [4.78, 5) is 10.9. The van der Waals surface area contributed by atoms with Gasteiger partial charge in [0.1, 0.15) is 0 Å². The van der Waals surface area contributed by atoms with Gasteiger partial charge in [0, 0.05) is 6.20 Å². The first kappa shape index (κ1) is 22.7. The minimum Gasteiger partial charge on any atom is -0.335 e. The number of benzene rings is 1. The van der Waals surface area contributed by atoms with Gasteiger partial charge in [-0.2, -0.15) is 0 Å². The summed E-state index contributed by atoms with van der Waals surface area (Å²) in [6.07, 6.45) is 13.8. The van der Waals surface area contributed by atoms with Gasteiger partial charge in [0.25, 0.3) is 0 Å². The molecule has 1 fully saturated rings. The fraction of sp³-hybridized carbons (Fsp3) is 0.640. The largest absolute Gasteiger partial charge is 0.335 e. The molecule has 1 aromatic rings. The minimum absolute atomic E-state index is 0.265. The Labute approximate surface area is 172 Å². The second-order valence-electron chi connectivity index (χ2n) is 8.59. The van der Waals surface area contributed by atoms with Crippen molar-refractivity contribution in [3.8, 4) is 0 Å². The molecule has 0 spiro atoms. The van der Waals surface area contributed by atoms with E-state index in [2.05, 4.69) is 56.5 Å². The highest BCUT2D eigenvalue weighted by atomic mass is 16.1. The van der Waals surface area contributed by atoms with E-state index in [1.165, 1.54) is 54.4 Å². The van der Waals surface area contributed by atoms with Crippen LogP contribution in [0.25, 0.3) is 0 Å². The molecule has 3 nitrogen and oxygen atoms in total. The molecule has 1 amide bonds. The predicted molar refractivity (Wildman–Crippen MR) is 119 cm³/mol. The molecule has 1 aliphatic rings. The minimum atomic E-state index is -0.265. The molecule has 156 valence electrons. The molecule has 0 bridgehead atoms. The number of hydrogen-bond acceptors (Lipinski definition) is 2. The average Bonchev–Trinajstić information content (AvgIpc) is 2.66. The van der Waals surface area contributed by atoms with Gasteiger partial charge in [-0.25, -0.2) is 0 Å². The van der Waals surface area contributed by atoms with Crippen molar-refractivity contribution in [3.05, 3.63) is 46.7 Å². The van der Waals surface area contributed by atoms with E-state index >= 15 is 0 Å². The Morgan fingerprint density at radius 1 is 1.25 bits per heavy atom. The second kappa shape index (κ2) is 11.4. The van der Waals surface area contributed by atoms with Crippen molar-refractivity contribution in [1.29, 1.82) is 0 Å². The standard InChI is InChI=1S/C25H40N2O/c1-5-7-11-24(18-26-19-28)25(4,27-16-6-2)23-15-14-22(20(3)17-23)13-12-21-9-8-10-21/h14-15,17-19,21,27H,5-13,16H2,1-4H3,(H,26,28)/b24-18-. The van der Waals surface area contributed by atoms with Crippen LogP contribution in [-0.4, -0.2) is 13.0 Å². The summed E-state index contributed by atoms with van der Waals surface area (Å²) in [6.45, 7) is 9.87. The number of nitrogens with one attached hydrogen (secondary N) is 2. The maximum atomic E-state index is 10.9. The van der Waals surface area contributed by atoms with E-state index in [1.54, 1.807) is 0 Å². The molecule has 1 atom stereocenters. The zero-order valence-electron chi connectivity index (χ0n) is 18.4. The van der Waals surface area contributed by atoms with Gasteiger partial charge in [0.2, 0.25) is 6.41 Å². The Hall–Kier alpha value is -1.61. The van der Waals surface area contributed by atoms with Gasteiger partial charge in [0.05, 0.1) is 5.54 Å². The summed E-state index contributed by atoms with van der Waals surface area (Å²) < 4.78 is 0. The quantitative estimate of drug-likeness (QED) is 0.424. The Morgan fingerprint density at radius 3 is 2.61 bits per heavy atom. The van der Waals surface area contributed by atoms with Crippen LogP contribution in [0.15, 0.2) is 30.0 Å². The molecule has 1 saturated carbocycles. The second-order valence-corrected chi connectivity index (χ2v) is 8.59. The van der Waals surface area contributed by atoms with E-state index in [-0.39, 0.29) is 5.54 Å². The number of unbranched alkanes of at least 4 members (excludes halogenated alkanes) is 1. The van der Waals surface area contributed by atoms with Crippen LogP contribution in [0, 0.1) is 12.8 Å². The van der Waals surface area contributed by atoms with E-state index in [4.69, 9.17) is 0 Å². The average molecular weight is 385 g/mol. The van der Waals surface area contributed by atoms with Gasteiger partial charge in [-0.3, -0.25) is 4.79 Å². The summed E-state index contributed by atoms with van der Waals surface area (Å²) in [6, 6.07) is 6.99. The highest BCUT2D eigenvalue weighted by Gasteiger charge is 2.30. The van der Waals surface area contributed by atoms with Crippen molar-refractivity contribution in [3.63, 3.8) is 0 Å². The lowest BCUT2D eigenvalue weighted by Gasteiger charge is -2.35. The summed E-state index contributed by atoms with van der Waals surface area (Å²) in [5.41, 5.74) is 5.15. The van der Waals surface area contributed by atoms with E-state index in [9.17, 15) is 4.79 Å². The third kappa shape index (κ3) is 5.94. The van der Waals surface area contributed by atoms with Crippen LogP contribution in [0.5, 0.6) is 0 Å². The number of amides is 1. The molecule has 2 N–H and O–H groups in total. The Morgan fingerprint density at radius 2 is 2.04 bits per heavy atom. The van der Waals surface area contributed by atoms with Crippen molar-refractivity contribution < 1.29 is 4.79 Å². The first-order valence-electron chi connectivity index (χ1n) is 11.3. The van der Waals surface area contributed by atoms with Crippen LogP contribution < -0.4 is 10.6 Å². The van der Waals surface area contributed by atoms with Gasteiger partial charge >= 0.3 is 0 Å². The monoisotopic (exact) mass is 384 g/mol. The maximum Gasteiger partial charge on any atom is 0.211 e. The van der Waals surface area contributed by atoms with Crippen molar-refractivity contribution in [2.45, 2.75) is 91.0 Å². The van der Waals surface area contributed by atoms with Gasteiger partial charge in [-0.15, -0.1) is 0 Å². The van der Waals surface area contributed by atoms with Crippen LogP contribution >= 0.6 is 0 Å². The Kier molecular flexibility index (Phi) is 9.24. The van der Waals surface area contributed by atoms with Gasteiger partial charge < -0.3 is 10.6 Å². The molecule has 0 radical (unpaired) electrons. The first-order valence-corrected chi connectivity index (χ1v) is 11.3. The first-order chi connectivity index (χ1) is 13.5. The SMILES string of the molecule is CCCC/C(=C/NC=O)C(C)(NCCC)c1ccc(CCC2CCC2)c(C)c1. The molecule has 3 heteroatoms. The Balaban J connectivity index is 2.27. The molecule has 0 heterocycles. The van der Waals surface area contributed by atoms with E-state index in [1.807, 2.05) is 6.20 Å². The topological polar surface area (TPSA) is 41.1 Å². The Bertz CT molecular complexity index is 648. The number of carbonyl (C=O) groups excluding carboxylic acids is 1. The van der Waals surface area contributed by atoms with Crippen molar-refractivity contribution in [2.75, 3.05) is 6.54 Å². The smallest absolute Gasteiger partial charge is 0.211 e. The lowest BCUT2D eigenvalue weighted by molar-refractivity contribution is -0.108. The van der Waals surface area contributed by atoms with E-state index in [0.717, 1.165) is 44.6 Å². The molecular weight excluding hydrogens is 344 g/mol. The van der Waals surface area contributed by atoms with E-state index in [0.29, 0.717) is 0 Å². The predicted octanol–water partition coefficient (Wildman–Crippen LogP) is 5.76. The molecule has 1 aliphatic carbocycles. The lowest BCUT2D eigenvalue weighted by Crippen LogP contribution is -2.42. The summed E-state index contributed by atoms with van der Waals surface area (Å²) in [7, 11) is 0. The van der Waals surface area contributed by atoms with Crippen LogP contribution in [0.3, 0.4) is 0 Å². The molecule has 0 aromatic heterocycles. The molecule has 1 unspecified atom stereocenters. The summed E-state index contributed by atoms with van der Waals surface area (Å²) in [5, 5.41) is 6.57.